The third kappa shape index (κ3) is 5.02. The number of benzene rings is 1. The Labute approximate surface area is 122 Å². The SMILES string of the molecule is CCNC(C)c1c(OC)cccc1OCCOC(C)C. The summed E-state index contributed by atoms with van der Waals surface area (Å²) in [6, 6.07) is 6.05. The number of ether oxygens (including phenoxy) is 3. The molecule has 4 heteroatoms. The van der Waals surface area contributed by atoms with E-state index >= 15 is 0 Å². The molecule has 0 aliphatic carbocycles. The summed E-state index contributed by atoms with van der Waals surface area (Å²) in [4.78, 5) is 0. The molecule has 114 valence electrons. The van der Waals surface area contributed by atoms with Crippen molar-refractivity contribution in [2.45, 2.75) is 39.8 Å². The lowest BCUT2D eigenvalue weighted by Gasteiger charge is -2.20. The van der Waals surface area contributed by atoms with Gasteiger partial charge in [-0.1, -0.05) is 13.0 Å². The zero-order valence-corrected chi connectivity index (χ0v) is 13.2. The minimum Gasteiger partial charge on any atom is -0.496 e. The molecule has 20 heavy (non-hydrogen) atoms. The highest BCUT2D eigenvalue weighted by atomic mass is 16.5. The second kappa shape index (κ2) is 8.82. The Hall–Kier alpha value is -1.26. The molecule has 0 radical (unpaired) electrons. The average molecular weight is 281 g/mol. The highest BCUT2D eigenvalue weighted by Crippen LogP contribution is 2.33. The van der Waals surface area contributed by atoms with E-state index in [9.17, 15) is 0 Å². The Morgan fingerprint density at radius 2 is 1.80 bits per heavy atom. The standard InChI is InChI=1S/C16H27NO3/c1-6-17-13(4)16-14(18-5)8-7-9-15(16)20-11-10-19-12(2)3/h7-9,12-13,17H,6,10-11H2,1-5H3. The second-order valence-corrected chi connectivity index (χ2v) is 4.92. The average Bonchev–Trinajstić information content (AvgIpc) is 2.43. The predicted octanol–water partition coefficient (Wildman–Crippen LogP) is 3.17. The smallest absolute Gasteiger partial charge is 0.127 e. The van der Waals surface area contributed by atoms with Crippen LogP contribution in [0, 0.1) is 0 Å². The van der Waals surface area contributed by atoms with Crippen molar-refractivity contribution in [2.24, 2.45) is 0 Å². The molecule has 0 saturated carbocycles. The molecular weight excluding hydrogens is 254 g/mol. The second-order valence-electron chi connectivity index (χ2n) is 4.92. The van der Waals surface area contributed by atoms with E-state index in [-0.39, 0.29) is 12.1 Å². The van der Waals surface area contributed by atoms with Crippen LogP contribution < -0.4 is 14.8 Å². The van der Waals surface area contributed by atoms with Gasteiger partial charge in [0, 0.05) is 6.04 Å². The molecule has 1 aromatic rings. The summed E-state index contributed by atoms with van der Waals surface area (Å²) in [5.74, 6) is 1.70. The summed E-state index contributed by atoms with van der Waals surface area (Å²) < 4.78 is 16.8. The molecule has 1 rings (SSSR count). The Morgan fingerprint density at radius 3 is 2.40 bits per heavy atom. The van der Waals surface area contributed by atoms with E-state index in [1.165, 1.54) is 0 Å². The Bertz CT molecular complexity index is 393. The first kappa shape index (κ1) is 16.8. The molecule has 1 aromatic carbocycles. The number of hydrogen-bond acceptors (Lipinski definition) is 4. The number of nitrogens with one attached hydrogen (secondary N) is 1. The zero-order chi connectivity index (χ0) is 15.0. The van der Waals surface area contributed by atoms with Crippen molar-refractivity contribution in [3.63, 3.8) is 0 Å². The summed E-state index contributed by atoms with van der Waals surface area (Å²) in [5.41, 5.74) is 1.06. The van der Waals surface area contributed by atoms with Gasteiger partial charge in [0.2, 0.25) is 0 Å². The molecule has 4 nitrogen and oxygen atoms in total. The number of rotatable bonds is 9. The van der Waals surface area contributed by atoms with Crippen molar-refractivity contribution in [1.82, 2.24) is 5.32 Å². The van der Waals surface area contributed by atoms with Gasteiger partial charge in [0.25, 0.3) is 0 Å². The topological polar surface area (TPSA) is 39.7 Å². The van der Waals surface area contributed by atoms with Crippen LogP contribution in [-0.4, -0.2) is 33.0 Å². The van der Waals surface area contributed by atoms with E-state index in [0.29, 0.717) is 13.2 Å². The van der Waals surface area contributed by atoms with E-state index in [0.717, 1.165) is 23.6 Å². The van der Waals surface area contributed by atoms with E-state index < -0.39 is 0 Å². The normalized spacial score (nSPS) is 12.5. The van der Waals surface area contributed by atoms with Crippen LogP contribution in [0.1, 0.15) is 39.3 Å². The third-order valence-electron chi connectivity index (χ3n) is 2.98. The molecule has 1 N–H and O–H groups in total. The minimum atomic E-state index is 0.178. The van der Waals surface area contributed by atoms with Crippen molar-refractivity contribution in [1.29, 1.82) is 0 Å². The molecule has 0 heterocycles. The van der Waals surface area contributed by atoms with Gasteiger partial charge in [-0.2, -0.15) is 0 Å². The van der Waals surface area contributed by atoms with Crippen LogP contribution in [0.3, 0.4) is 0 Å². The maximum absolute atomic E-state index is 5.85. The predicted molar refractivity (Wildman–Crippen MR) is 81.7 cm³/mol. The van der Waals surface area contributed by atoms with Gasteiger partial charge in [-0.05, 0) is 39.4 Å². The molecule has 0 aliphatic rings. The summed E-state index contributed by atoms with van der Waals surface area (Å²) >= 11 is 0. The van der Waals surface area contributed by atoms with Gasteiger partial charge in [-0.25, -0.2) is 0 Å². The van der Waals surface area contributed by atoms with Crippen molar-refractivity contribution >= 4 is 0 Å². The maximum atomic E-state index is 5.85. The van der Waals surface area contributed by atoms with Gasteiger partial charge < -0.3 is 19.5 Å². The minimum absolute atomic E-state index is 0.178. The molecule has 1 atom stereocenters. The summed E-state index contributed by atoms with van der Waals surface area (Å²) in [6.07, 6.45) is 0.226. The summed E-state index contributed by atoms with van der Waals surface area (Å²) in [6.45, 7) is 10.3. The van der Waals surface area contributed by atoms with E-state index in [1.807, 2.05) is 32.0 Å². The summed E-state index contributed by atoms with van der Waals surface area (Å²) in [5, 5.41) is 3.39. The van der Waals surface area contributed by atoms with Crippen molar-refractivity contribution in [3.8, 4) is 11.5 Å². The van der Waals surface area contributed by atoms with Crippen LogP contribution in [0.5, 0.6) is 11.5 Å². The largest absolute Gasteiger partial charge is 0.496 e. The van der Waals surface area contributed by atoms with Crippen LogP contribution in [0.15, 0.2) is 18.2 Å². The first-order valence-electron chi connectivity index (χ1n) is 7.24. The number of methoxy groups -OCH3 is 1. The van der Waals surface area contributed by atoms with E-state index in [1.54, 1.807) is 7.11 Å². The fourth-order valence-electron chi connectivity index (χ4n) is 2.10. The van der Waals surface area contributed by atoms with Crippen LogP contribution >= 0.6 is 0 Å². The highest BCUT2D eigenvalue weighted by molar-refractivity contribution is 5.46. The molecule has 0 bridgehead atoms. The van der Waals surface area contributed by atoms with Gasteiger partial charge >= 0.3 is 0 Å². The molecule has 0 saturated heterocycles. The molecule has 0 aromatic heterocycles. The van der Waals surface area contributed by atoms with E-state index in [4.69, 9.17) is 14.2 Å². The quantitative estimate of drug-likeness (QED) is 0.706. The molecule has 0 fully saturated rings. The van der Waals surface area contributed by atoms with Crippen LogP contribution in [-0.2, 0) is 4.74 Å². The maximum Gasteiger partial charge on any atom is 0.127 e. The molecule has 0 aliphatic heterocycles. The van der Waals surface area contributed by atoms with Crippen LogP contribution in [0.25, 0.3) is 0 Å². The van der Waals surface area contributed by atoms with Gasteiger partial charge in [0.1, 0.15) is 18.1 Å². The monoisotopic (exact) mass is 281 g/mol. The van der Waals surface area contributed by atoms with Crippen molar-refractivity contribution in [2.75, 3.05) is 26.9 Å². The Morgan fingerprint density at radius 1 is 1.10 bits per heavy atom. The molecule has 0 amide bonds. The first-order chi connectivity index (χ1) is 9.60. The number of hydrogen-bond donors (Lipinski definition) is 1. The first-order valence-corrected chi connectivity index (χ1v) is 7.24. The van der Waals surface area contributed by atoms with Gasteiger partial charge in [0.05, 0.1) is 25.4 Å². The Kier molecular flexibility index (Phi) is 7.41. The van der Waals surface area contributed by atoms with Gasteiger partial charge in [-0.15, -0.1) is 0 Å². The molecule has 0 spiro atoms. The van der Waals surface area contributed by atoms with Crippen LogP contribution in [0.4, 0.5) is 0 Å². The fraction of sp³-hybridized carbons (Fsp3) is 0.625. The third-order valence-corrected chi connectivity index (χ3v) is 2.98. The van der Waals surface area contributed by atoms with Crippen molar-refractivity contribution in [3.05, 3.63) is 23.8 Å². The van der Waals surface area contributed by atoms with Gasteiger partial charge in [-0.3, -0.25) is 0 Å². The lowest BCUT2D eigenvalue weighted by atomic mass is 10.1. The highest BCUT2D eigenvalue weighted by Gasteiger charge is 2.16. The molecule has 1 unspecified atom stereocenters. The van der Waals surface area contributed by atoms with Gasteiger partial charge in [0.15, 0.2) is 0 Å². The van der Waals surface area contributed by atoms with Crippen molar-refractivity contribution < 1.29 is 14.2 Å². The molecular formula is C16H27NO3. The summed E-state index contributed by atoms with van der Waals surface area (Å²) in [7, 11) is 1.68. The zero-order valence-electron chi connectivity index (χ0n) is 13.2. The van der Waals surface area contributed by atoms with E-state index in [2.05, 4.69) is 19.2 Å². The Balaban J connectivity index is 2.78. The fourth-order valence-corrected chi connectivity index (χ4v) is 2.10. The lowest BCUT2D eigenvalue weighted by molar-refractivity contribution is 0.0549. The lowest BCUT2D eigenvalue weighted by Crippen LogP contribution is -2.20. The van der Waals surface area contributed by atoms with Crippen LogP contribution in [0.2, 0.25) is 0 Å².